The normalized spacial score (nSPS) is 19.8. The van der Waals surface area contributed by atoms with E-state index in [0.29, 0.717) is 6.04 Å². The molecule has 1 saturated carbocycles. The highest BCUT2D eigenvalue weighted by atomic mass is 15.3. The number of aliphatic imine (C=N–C) groups is 1. The van der Waals surface area contributed by atoms with Crippen molar-refractivity contribution in [1.29, 1.82) is 5.26 Å². The molecule has 0 radical (unpaired) electrons. The van der Waals surface area contributed by atoms with E-state index in [1.165, 1.54) is 30.4 Å². The second kappa shape index (κ2) is 6.62. The molecule has 110 valence electrons. The highest BCUT2D eigenvalue weighted by Gasteiger charge is 2.21. The van der Waals surface area contributed by atoms with E-state index in [1.54, 1.807) is 0 Å². The molecule has 1 N–H and O–H groups in total. The molecule has 0 saturated heterocycles. The van der Waals surface area contributed by atoms with Gasteiger partial charge in [-0.3, -0.25) is 5.32 Å². The Balaban J connectivity index is 1.75. The smallest absolute Gasteiger partial charge is 0.207 e. The molecule has 0 amide bonds. The summed E-state index contributed by atoms with van der Waals surface area (Å²) >= 11 is 0. The Morgan fingerprint density at radius 2 is 1.95 bits per heavy atom. The van der Waals surface area contributed by atoms with Gasteiger partial charge < -0.3 is 4.90 Å². The minimum atomic E-state index is 0.381. The van der Waals surface area contributed by atoms with Gasteiger partial charge in [0.1, 0.15) is 0 Å². The van der Waals surface area contributed by atoms with Gasteiger partial charge in [-0.15, -0.1) is 0 Å². The minimum absolute atomic E-state index is 0.381. The molecule has 0 unspecified atom stereocenters. The molecule has 1 heterocycles. The zero-order chi connectivity index (χ0) is 14.5. The number of hydrogen-bond donors (Lipinski definition) is 1. The van der Waals surface area contributed by atoms with E-state index in [2.05, 4.69) is 40.7 Å². The van der Waals surface area contributed by atoms with E-state index in [9.17, 15) is 0 Å². The first kappa shape index (κ1) is 13.9. The average Bonchev–Trinajstić information content (AvgIpc) is 2.55. The molecule has 4 heteroatoms. The summed E-state index contributed by atoms with van der Waals surface area (Å²) in [5.74, 6) is 0.763. The molecular formula is C17H22N4. The van der Waals surface area contributed by atoms with Gasteiger partial charge in [-0.2, -0.15) is 5.26 Å². The highest BCUT2D eigenvalue weighted by Crippen LogP contribution is 2.22. The highest BCUT2D eigenvalue weighted by molar-refractivity contribution is 5.81. The van der Waals surface area contributed by atoms with Crippen LogP contribution in [-0.2, 0) is 13.0 Å². The number of nitrogens with one attached hydrogen (secondary N) is 1. The molecule has 4 nitrogen and oxygen atoms in total. The summed E-state index contributed by atoms with van der Waals surface area (Å²) in [7, 11) is 0. The fourth-order valence-electron chi connectivity index (χ4n) is 3.30. The van der Waals surface area contributed by atoms with Crippen LogP contribution in [0.25, 0.3) is 0 Å². The van der Waals surface area contributed by atoms with Crippen molar-refractivity contribution >= 4 is 5.96 Å². The van der Waals surface area contributed by atoms with E-state index in [1.807, 2.05) is 0 Å². The summed E-state index contributed by atoms with van der Waals surface area (Å²) in [6, 6.07) is 8.93. The number of rotatable bonds is 1. The van der Waals surface area contributed by atoms with Crippen LogP contribution in [0.15, 0.2) is 29.3 Å². The second-order valence-corrected chi connectivity index (χ2v) is 5.92. The predicted molar refractivity (Wildman–Crippen MR) is 83.6 cm³/mol. The quantitative estimate of drug-likeness (QED) is 0.373. The molecule has 0 aromatic heterocycles. The summed E-state index contributed by atoms with van der Waals surface area (Å²) in [5.41, 5.74) is 2.77. The lowest BCUT2D eigenvalue weighted by molar-refractivity contribution is 0.372. The van der Waals surface area contributed by atoms with Gasteiger partial charge in [0.25, 0.3) is 0 Å². The van der Waals surface area contributed by atoms with Crippen molar-refractivity contribution in [2.24, 2.45) is 4.99 Å². The average molecular weight is 282 g/mol. The van der Waals surface area contributed by atoms with Gasteiger partial charge in [0.2, 0.25) is 5.96 Å². The Labute approximate surface area is 126 Å². The lowest BCUT2D eigenvalue weighted by Gasteiger charge is -2.31. The summed E-state index contributed by atoms with van der Waals surface area (Å²) in [6.07, 6.45) is 9.23. The number of hydrogen-bond acceptors (Lipinski definition) is 2. The van der Waals surface area contributed by atoms with Crippen LogP contribution in [0.2, 0.25) is 0 Å². The van der Waals surface area contributed by atoms with Gasteiger partial charge >= 0.3 is 0 Å². The van der Waals surface area contributed by atoms with E-state index < -0.39 is 0 Å². The van der Waals surface area contributed by atoms with E-state index in [-0.39, 0.29) is 0 Å². The topological polar surface area (TPSA) is 51.4 Å². The van der Waals surface area contributed by atoms with Gasteiger partial charge in [0.15, 0.2) is 6.19 Å². The van der Waals surface area contributed by atoms with E-state index >= 15 is 0 Å². The Morgan fingerprint density at radius 3 is 2.71 bits per heavy atom. The standard InChI is InChI=1S/C17H22N4/c18-13-19-17(20-16-8-2-1-3-9-16)21-11-10-14-6-4-5-7-15(14)12-21/h4-7,16H,1-3,8-12H2,(H,19,20). The fourth-order valence-corrected chi connectivity index (χ4v) is 3.30. The second-order valence-electron chi connectivity index (χ2n) is 5.92. The van der Waals surface area contributed by atoms with Crippen LogP contribution in [0.5, 0.6) is 0 Å². The lowest BCUT2D eigenvalue weighted by atomic mass is 9.96. The molecule has 0 spiro atoms. The fraction of sp³-hybridized carbons (Fsp3) is 0.529. The molecule has 1 aliphatic heterocycles. The molecule has 1 aromatic rings. The van der Waals surface area contributed by atoms with Crippen molar-refractivity contribution in [1.82, 2.24) is 10.2 Å². The number of benzene rings is 1. The Hall–Kier alpha value is -2.02. The summed E-state index contributed by atoms with van der Waals surface area (Å²) in [6.45, 7) is 1.77. The molecule has 21 heavy (non-hydrogen) atoms. The molecule has 1 aromatic carbocycles. The Kier molecular flexibility index (Phi) is 4.40. The maximum atomic E-state index is 9.02. The van der Waals surface area contributed by atoms with Gasteiger partial charge in [-0.05, 0) is 30.4 Å². The molecule has 1 fully saturated rings. The third-order valence-corrected chi connectivity index (χ3v) is 4.48. The van der Waals surface area contributed by atoms with Crippen LogP contribution in [-0.4, -0.2) is 23.4 Å². The molecular weight excluding hydrogens is 260 g/mol. The van der Waals surface area contributed by atoms with Crippen LogP contribution < -0.4 is 5.32 Å². The third kappa shape index (κ3) is 3.36. The van der Waals surface area contributed by atoms with Crippen LogP contribution in [0, 0.1) is 11.5 Å². The minimum Gasteiger partial charge on any atom is -0.337 e. The van der Waals surface area contributed by atoms with Crippen LogP contribution in [0.4, 0.5) is 0 Å². The summed E-state index contributed by atoms with van der Waals surface area (Å²) < 4.78 is 0. The monoisotopic (exact) mass is 282 g/mol. The molecule has 0 bridgehead atoms. The van der Waals surface area contributed by atoms with Gasteiger partial charge in [0.05, 0.1) is 6.04 Å². The van der Waals surface area contributed by atoms with Crippen molar-refractivity contribution in [2.75, 3.05) is 6.54 Å². The first-order valence-corrected chi connectivity index (χ1v) is 7.91. The van der Waals surface area contributed by atoms with Crippen molar-refractivity contribution in [3.8, 4) is 6.19 Å². The maximum Gasteiger partial charge on any atom is 0.207 e. The molecule has 2 aliphatic rings. The van der Waals surface area contributed by atoms with Crippen molar-refractivity contribution in [3.63, 3.8) is 0 Å². The predicted octanol–water partition coefficient (Wildman–Crippen LogP) is 2.80. The molecule has 3 rings (SSSR count). The Bertz CT molecular complexity index is 552. The maximum absolute atomic E-state index is 9.02. The summed E-state index contributed by atoms with van der Waals surface area (Å²) in [4.78, 5) is 7.04. The van der Waals surface area contributed by atoms with Crippen LogP contribution in [0.3, 0.4) is 0 Å². The van der Waals surface area contributed by atoms with Gasteiger partial charge in [0, 0.05) is 13.1 Å². The van der Waals surface area contributed by atoms with Crippen molar-refractivity contribution in [2.45, 2.75) is 51.1 Å². The van der Waals surface area contributed by atoms with E-state index in [0.717, 1.165) is 38.3 Å². The summed E-state index contributed by atoms with van der Waals surface area (Å²) in [5, 5.41) is 11.8. The van der Waals surface area contributed by atoms with Crippen LogP contribution >= 0.6 is 0 Å². The molecule has 1 aliphatic carbocycles. The van der Waals surface area contributed by atoms with E-state index in [4.69, 9.17) is 10.3 Å². The van der Waals surface area contributed by atoms with Gasteiger partial charge in [-0.1, -0.05) is 43.5 Å². The lowest BCUT2D eigenvalue weighted by Crippen LogP contribution is -2.43. The SMILES string of the molecule is N#CNC(=NC1CCCCC1)N1CCc2ccccc2C1. The number of nitrogens with zero attached hydrogens (tertiary/aromatic N) is 3. The largest absolute Gasteiger partial charge is 0.337 e. The first-order valence-electron chi connectivity index (χ1n) is 7.91. The molecule has 0 atom stereocenters. The zero-order valence-electron chi connectivity index (χ0n) is 12.4. The van der Waals surface area contributed by atoms with Gasteiger partial charge in [-0.25, -0.2) is 4.99 Å². The number of nitriles is 1. The van der Waals surface area contributed by atoms with Crippen molar-refractivity contribution in [3.05, 3.63) is 35.4 Å². The number of fused-ring (bicyclic) bond motifs is 1. The number of guanidine groups is 1. The third-order valence-electron chi connectivity index (χ3n) is 4.48. The first-order chi connectivity index (χ1) is 10.4. The van der Waals surface area contributed by atoms with Crippen molar-refractivity contribution < 1.29 is 0 Å². The Morgan fingerprint density at radius 1 is 1.19 bits per heavy atom. The van der Waals surface area contributed by atoms with Crippen LogP contribution in [0.1, 0.15) is 43.2 Å². The zero-order valence-corrected chi connectivity index (χ0v) is 12.4.